The van der Waals surface area contributed by atoms with Crippen LogP contribution in [0.2, 0.25) is 0 Å². The normalized spacial score (nSPS) is 9.59. The zero-order valence-electron chi connectivity index (χ0n) is 8.87. The summed E-state index contributed by atoms with van der Waals surface area (Å²) in [4.78, 5) is 11.6. The van der Waals surface area contributed by atoms with Crippen molar-refractivity contribution in [2.75, 3.05) is 5.32 Å². The van der Waals surface area contributed by atoms with Gasteiger partial charge in [0.2, 0.25) is 5.91 Å². The molecule has 6 heteroatoms. The van der Waals surface area contributed by atoms with E-state index in [2.05, 4.69) is 26.8 Å². The zero-order valence-corrected chi connectivity index (χ0v) is 8.87. The van der Waals surface area contributed by atoms with Crippen LogP contribution in [0.4, 0.5) is 5.69 Å². The van der Waals surface area contributed by atoms with Gasteiger partial charge >= 0.3 is 0 Å². The predicted octanol–water partition coefficient (Wildman–Crippen LogP) is 0.293. The number of hydrogen-bond acceptors (Lipinski definition) is 4. The highest BCUT2D eigenvalue weighted by molar-refractivity contribution is 5.90. The fourth-order valence-corrected chi connectivity index (χ4v) is 1.29. The lowest BCUT2D eigenvalue weighted by molar-refractivity contribution is -0.116. The van der Waals surface area contributed by atoms with Crippen LogP contribution < -0.4 is 5.32 Å². The van der Waals surface area contributed by atoms with Gasteiger partial charge in [0.1, 0.15) is 12.9 Å². The minimum absolute atomic E-state index is 0.0628. The van der Waals surface area contributed by atoms with Crippen molar-refractivity contribution in [3.8, 4) is 12.3 Å². The van der Waals surface area contributed by atoms with E-state index in [4.69, 9.17) is 6.42 Å². The van der Waals surface area contributed by atoms with Crippen LogP contribution in [0.1, 0.15) is 5.56 Å². The first-order valence-electron chi connectivity index (χ1n) is 4.85. The van der Waals surface area contributed by atoms with Gasteiger partial charge in [-0.15, -0.1) is 11.5 Å². The Balaban J connectivity index is 2.01. The van der Waals surface area contributed by atoms with E-state index in [0.29, 0.717) is 11.3 Å². The van der Waals surface area contributed by atoms with E-state index in [9.17, 15) is 4.79 Å². The molecule has 1 aromatic carbocycles. The molecular formula is C11H9N5O. The third kappa shape index (κ3) is 2.89. The lowest BCUT2D eigenvalue weighted by Crippen LogP contribution is -2.19. The van der Waals surface area contributed by atoms with Crippen molar-refractivity contribution < 1.29 is 4.79 Å². The Morgan fingerprint density at radius 2 is 2.41 bits per heavy atom. The average molecular weight is 227 g/mol. The second kappa shape index (κ2) is 4.90. The van der Waals surface area contributed by atoms with Crippen LogP contribution in [0.15, 0.2) is 30.6 Å². The number of carbonyl (C=O) groups excluding carboxylic acids is 1. The number of aromatic nitrogens is 4. The minimum Gasteiger partial charge on any atom is -0.324 e. The third-order valence-corrected chi connectivity index (χ3v) is 2.01. The van der Waals surface area contributed by atoms with E-state index in [1.807, 2.05) is 0 Å². The van der Waals surface area contributed by atoms with Crippen molar-refractivity contribution in [2.45, 2.75) is 6.54 Å². The van der Waals surface area contributed by atoms with Crippen molar-refractivity contribution in [3.05, 3.63) is 36.2 Å². The molecule has 0 saturated carbocycles. The van der Waals surface area contributed by atoms with Crippen molar-refractivity contribution in [3.63, 3.8) is 0 Å². The van der Waals surface area contributed by atoms with Gasteiger partial charge in [-0.1, -0.05) is 12.0 Å². The highest BCUT2D eigenvalue weighted by atomic mass is 16.2. The number of nitrogens with zero attached hydrogens (tertiary/aromatic N) is 4. The summed E-state index contributed by atoms with van der Waals surface area (Å²) in [5, 5.41) is 13.2. The van der Waals surface area contributed by atoms with E-state index in [1.165, 1.54) is 11.0 Å². The average Bonchev–Trinajstić information content (AvgIpc) is 2.82. The molecule has 0 unspecified atom stereocenters. The van der Waals surface area contributed by atoms with Crippen molar-refractivity contribution in [1.29, 1.82) is 0 Å². The Bertz CT molecular complexity index is 555. The van der Waals surface area contributed by atoms with Gasteiger partial charge in [-0.05, 0) is 28.6 Å². The van der Waals surface area contributed by atoms with Gasteiger partial charge in [-0.3, -0.25) is 4.79 Å². The zero-order chi connectivity index (χ0) is 12.1. The second-order valence-electron chi connectivity index (χ2n) is 3.28. The van der Waals surface area contributed by atoms with Gasteiger partial charge in [0.25, 0.3) is 0 Å². The van der Waals surface area contributed by atoms with Crippen LogP contribution in [-0.4, -0.2) is 26.1 Å². The highest BCUT2D eigenvalue weighted by Gasteiger charge is 2.04. The van der Waals surface area contributed by atoms with Crippen LogP contribution in [0, 0.1) is 12.3 Å². The van der Waals surface area contributed by atoms with Crippen LogP contribution in [0.3, 0.4) is 0 Å². The first-order valence-corrected chi connectivity index (χ1v) is 4.85. The molecule has 1 amide bonds. The molecule has 0 spiro atoms. The SMILES string of the molecule is C#Cc1cccc(NC(=O)Cn2cnnn2)c1. The molecule has 0 atom stereocenters. The Morgan fingerprint density at radius 1 is 1.53 bits per heavy atom. The van der Waals surface area contributed by atoms with Gasteiger partial charge in [0, 0.05) is 11.3 Å². The van der Waals surface area contributed by atoms with Crippen LogP contribution in [0.5, 0.6) is 0 Å². The Kier molecular flexibility index (Phi) is 3.12. The highest BCUT2D eigenvalue weighted by Crippen LogP contribution is 2.09. The van der Waals surface area contributed by atoms with E-state index in [0.717, 1.165) is 0 Å². The molecule has 1 aromatic heterocycles. The smallest absolute Gasteiger partial charge is 0.246 e. The lowest BCUT2D eigenvalue weighted by Gasteiger charge is -2.04. The molecule has 0 aliphatic rings. The summed E-state index contributed by atoms with van der Waals surface area (Å²) in [5.41, 5.74) is 1.36. The molecule has 0 aliphatic heterocycles. The molecule has 0 saturated heterocycles. The number of nitrogens with one attached hydrogen (secondary N) is 1. The van der Waals surface area contributed by atoms with Crippen LogP contribution in [0.25, 0.3) is 0 Å². The molecule has 0 radical (unpaired) electrons. The Morgan fingerprint density at radius 3 is 3.12 bits per heavy atom. The number of amides is 1. The summed E-state index contributed by atoms with van der Waals surface area (Å²) < 4.78 is 1.33. The summed E-state index contributed by atoms with van der Waals surface area (Å²) >= 11 is 0. The third-order valence-electron chi connectivity index (χ3n) is 2.01. The minimum atomic E-state index is -0.216. The Hall–Kier alpha value is -2.68. The molecule has 2 aromatic rings. The quantitative estimate of drug-likeness (QED) is 0.765. The van der Waals surface area contributed by atoms with Gasteiger partial charge in [-0.25, -0.2) is 4.68 Å². The summed E-state index contributed by atoms with van der Waals surface area (Å²) in [5.74, 6) is 2.28. The number of tetrazole rings is 1. The van der Waals surface area contributed by atoms with Crippen molar-refractivity contribution >= 4 is 11.6 Å². The molecule has 0 bridgehead atoms. The number of benzene rings is 1. The fourth-order valence-electron chi connectivity index (χ4n) is 1.29. The summed E-state index contributed by atoms with van der Waals surface area (Å²) in [6.07, 6.45) is 6.64. The van der Waals surface area contributed by atoms with Crippen molar-refractivity contribution in [1.82, 2.24) is 20.2 Å². The first kappa shape index (κ1) is 10.8. The fraction of sp³-hybridized carbons (Fsp3) is 0.0909. The predicted molar refractivity (Wildman–Crippen MR) is 60.8 cm³/mol. The summed E-state index contributed by atoms with van der Waals surface area (Å²) in [6, 6.07) is 7.05. The van der Waals surface area contributed by atoms with Crippen LogP contribution in [-0.2, 0) is 11.3 Å². The molecule has 0 aliphatic carbocycles. The van der Waals surface area contributed by atoms with Crippen molar-refractivity contribution in [2.24, 2.45) is 0 Å². The van der Waals surface area contributed by atoms with Gasteiger partial charge in [-0.2, -0.15) is 0 Å². The molecule has 17 heavy (non-hydrogen) atoms. The van der Waals surface area contributed by atoms with E-state index >= 15 is 0 Å². The summed E-state index contributed by atoms with van der Waals surface area (Å²) in [7, 11) is 0. The number of carbonyl (C=O) groups is 1. The maximum absolute atomic E-state index is 11.6. The monoisotopic (exact) mass is 227 g/mol. The summed E-state index contributed by atoms with van der Waals surface area (Å²) in [6.45, 7) is 0.0628. The van der Waals surface area contributed by atoms with Gasteiger partial charge < -0.3 is 5.32 Å². The molecule has 1 N–H and O–H groups in total. The molecule has 6 nitrogen and oxygen atoms in total. The lowest BCUT2D eigenvalue weighted by atomic mass is 10.2. The molecule has 1 heterocycles. The van der Waals surface area contributed by atoms with Gasteiger partial charge in [0.15, 0.2) is 0 Å². The molecule has 84 valence electrons. The van der Waals surface area contributed by atoms with Gasteiger partial charge in [0.05, 0.1) is 0 Å². The number of anilines is 1. The maximum atomic E-state index is 11.6. The molecule has 2 rings (SSSR count). The molecule has 0 fully saturated rings. The van der Waals surface area contributed by atoms with E-state index in [1.54, 1.807) is 24.3 Å². The standard InChI is InChI=1S/C11H9N5O/c1-2-9-4-3-5-10(6-9)13-11(17)7-16-8-12-14-15-16/h1,3-6,8H,7H2,(H,13,17). The molecular weight excluding hydrogens is 218 g/mol. The number of hydrogen-bond donors (Lipinski definition) is 1. The second-order valence-corrected chi connectivity index (χ2v) is 3.28. The number of rotatable bonds is 3. The van der Waals surface area contributed by atoms with E-state index < -0.39 is 0 Å². The van der Waals surface area contributed by atoms with E-state index in [-0.39, 0.29) is 12.5 Å². The maximum Gasteiger partial charge on any atom is 0.246 e. The first-order chi connectivity index (χ1) is 8.28. The largest absolute Gasteiger partial charge is 0.324 e. The number of terminal acetylenes is 1. The van der Waals surface area contributed by atoms with Crippen LogP contribution >= 0.6 is 0 Å². The topological polar surface area (TPSA) is 72.7 Å². The Labute approximate surface area is 97.6 Å².